The fourth-order valence-electron chi connectivity index (χ4n) is 2.64. The van der Waals surface area contributed by atoms with Gasteiger partial charge in [-0.05, 0) is 62.6 Å². The molecule has 2 nitrogen and oxygen atoms in total. The molecule has 0 bridgehead atoms. The topological polar surface area (TPSA) is 32.3 Å². The van der Waals surface area contributed by atoms with Crippen LogP contribution in [0.3, 0.4) is 0 Å². The summed E-state index contributed by atoms with van der Waals surface area (Å²) in [6, 6.07) is 7.18. The molecule has 0 fully saturated rings. The van der Waals surface area contributed by atoms with E-state index in [4.69, 9.17) is 0 Å². The molecule has 2 heteroatoms. The van der Waals surface area contributed by atoms with E-state index in [1.54, 1.807) is 0 Å². The second-order valence-electron chi connectivity index (χ2n) is 6.19. The first-order valence-corrected chi connectivity index (χ1v) is 7.59. The molecule has 0 amide bonds. The molecule has 0 saturated carbocycles. The number of nitrogens with one attached hydrogen (secondary N) is 1. The third-order valence-corrected chi connectivity index (χ3v) is 4.42. The fourth-order valence-corrected chi connectivity index (χ4v) is 2.64. The second-order valence-corrected chi connectivity index (χ2v) is 6.19. The van der Waals surface area contributed by atoms with Crippen LogP contribution in [0.15, 0.2) is 18.2 Å². The Labute approximate surface area is 117 Å². The van der Waals surface area contributed by atoms with Gasteiger partial charge in [0, 0.05) is 12.6 Å². The van der Waals surface area contributed by atoms with E-state index in [9.17, 15) is 5.11 Å². The van der Waals surface area contributed by atoms with Crippen LogP contribution in [0, 0.1) is 0 Å². The number of benzene rings is 1. The monoisotopic (exact) mass is 261 g/mol. The van der Waals surface area contributed by atoms with E-state index in [1.807, 2.05) is 13.8 Å². The van der Waals surface area contributed by atoms with Crippen LogP contribution < -0.4 is 5.32 Å². The van der Waals surface area contributed by atoms with Crippen molar-refractivity contribution in [1.82, 2.24) is 5.32 Å². The van der Waals surface area contributed by atoms with Gasteiger partial charge in [-0.3, -0.25) is 0 Å². The second kappa shape index (κ2) is 6.06. The van der Waals surface area contributed by atoms with Gasteiger partial charge >= 0.3 is 0 Å². The lowest BCUT2D eigenvalue weighted by atomic mass is 9.89. The van der Waals surface area contributed by atoms with Crippen LogP contribution in [0.25, 0.3) is 0 Å². The molecule has 0 radical (unpaired) electrons. The molecule has 0 spiro atoms. The molecule has 0 saturated heterocycles. The first-order valence-electron chi connectivity index (χ1n) is 7.59. The highest BCUT2D eigenvalue weighted by molar-refractivity contribution is 5.35. The number of hydrogen-bond acceptors (Lipinski definition) is 2. The van der Waals surface area contributed by atoms with Crippen molar-refractivity contribution < 1.29 is 5.11 Å². The first-order chi connectivity index (χ1) is 9.02. The lowest BCUT2D eigenvalue weighted by Crippen LogP contribution is -2.38. The maximum Gasteiger partial charge on any atom is 0.0741 e. The van der Waals surface area contributed by atoms with Crippen molar-refractivity contribution in [2.24, 2.45) is 0 Å². The van der Waals surface area contributed by atoms with Gasteiger partial charge in [-0.2, -0.15) is 0 Å². The van der Waals surface area contributed by atoms with Crippen molar-refractivity contribution in [3.05, 3.63) is 34.9 Å². The Balaban J connectivity index is 2.01. The first kappa shape index (κ1) is 14.5. The number of fused-ring (bicyclic) bond motifs is 1. The summed E-state index contributed by atoms with van der Waals surface area (Å²) < 4.78 is 0. The summed E-state index contributed by atoms with van der Waals surface area (Å²) in [6.07, 6.45) is 5.89. The Morgan fingerprint density at radius 2 is 1.95 bits per heavy atom. The summed E-state index contributed by atoms with van der Waals surface area (Å²) >= 11 is 0. The lowest BCUT2D eigenvalue weighted by molar-refractivity contribution is 0.0533. The molecule has 2 atom stereocenters. The summed E-state index contributed by atoms with van der Waals surface area (Å²) in [4.78, 5) is 0. The highest BCUT2D eigenvalue weighted by Crippen LogP contribution is 2.25. The summed E-state index contributed by atoms with van der Waals surface area (Å²) in [6.45, 7) is 6.73. The van der Waals surface area contributed by atoms with E-state index < -0.39 is 5.60 Å². The SMILES string of the molecule is CCC(C)(O)CNC(C)c1ccc2c(c1)CCCC2. The maximum absolute atomic E-state index is 10.0. The van der Waals surface area contributed by atoms with Crippen LogP contribution in [-0.4, -0.2) is 17.3 Å². The number of aryl methyl sites for hydroxylation is 2. The Morgan fingerprint density at radius 1 is 1.26 bits per heavy atom. The number of hydrogen-bond donors (Lipinski definition) is 2. The molecule has 2 unspecified atom stereocenters. The van der Waals surface area contributed by atoms with Gasteiger partial charge in [-0.25, -0.2) is 0 Å². The average molecular weight is 261 g/mol. The number of aliphatic hydroxyl groups is 1. The van der Waals surface area contributed by atoms with Crippen molar-refractivity contribution in [3.63, 3.8) is 0 Å². The van der Waals surface area contributed by atoms with E-state index in [2.05, 4.69) is 30.4 Å². The summed E-state index contributed by atoms with van der Waals surface area (Å²) in [5, 5.41) is 13.5. The third-order valence-electron chi connectivity index (χ3n) is 4.42. The van der Waals surface area contributed by atoms with Crippen LogP contribution in [0.4, 0.5) is 0 Å². The Morgan fingerprint density at radius 3 is 2.63 bits per heavy atom. The Kier molecular flexibility index (Phi) is 4.64. The van der Waals surface area contributed by atoms with Gasteiger partial charge in [0.1, 0.15) is 0 Å². The van der Waals surface area contributed by atoms with Crippen molar-refractivity contribution in [1.29, 1.82) is 0 Å². The molecule has 0 heterocycles. The predicted octanol–water partition coefficient (Wildman–Crippen LogP) is 3.38. The zero-order valence-corrected chi connectivity index (χ0v) is 12.5. The molecule has 1 aromatic carbocycles. The number of rotatable bonds is 5. The minimum atomic E-state index is -0.609. The van der Waals surface area contributed by atoms with Crippen LogP contribution in [0.2, 0.25) is 0 Å². The van der Waals surface area contributed by atoms with Crippen molar-refractivity contribution in [2.45, 2.75) is 64.5 Å². The van der Waals surface area contributed by atoms with E-state index in [-0.39, 0.29) is 0 Å². The van der Waals surface area contributed by atoms with E-state index in [0.29, 0.717) is 12.6 Å². The minimum Gasteiger partial charge on any atom is -0.389 e. The standard InChI is InChI=1S/C17H27NO/c1-4-17(3,19)12-18-13(2)15-10-9-14-7-5-6-8-16(14)11-15/h9-11,13,18-19H,4-8,12H2,1-3H3. The van der Waals surface area contributed by atoms with E-state index in [1.165, 1.54) is 42.4 Å². The van der Waals surface area contributed by atoms with Gasteiger partial charge in [-0.1, -0.05) is 25.1 Å². The summed E-state index contributed by atoms with van der Waals surface area (Å²) in [7, 11) is 0. The smallest absolute Gasteiger partial charge is 0.0741 e. The van der Waals surface area contributed by atoms with Gasteiger partial charge in [-0.15, -0.1) is 0 Å². The zero-order valence-electron chi connectivity index (χ0n) is 12.5. The normalized spacial score (nSPS) is 19.6. The predicted molar refractivity (Wildman–Crippen MR) is 80.4 cm³/mol. The van der Waals surface area contributed by atoms with E-state index in [0.717, 1.165) is 6.42 Å². The molecular formula is C17H27NO. The summed E-state index contributed by atoms with van der Waals surface area (Å²) in [5.74, 6) is 0. The average Bonchev–Trinajstić information content (AvgIpc) is 2.44. The van der Waals surface area contributed by atoms with Gasteiger partial charge in [0.15, 0.2) is 0 Å². The maximum atomic E-state index is 10.0. The Bertz CT molecular complexity index is 425. The van der Waals surface area contributed by atoms with Gasteiger partial charge < -0.3 is 10.4 Å². The minimum absolute atomic E-state index is 0.297. The van der Waals surface area contributed by atoms with E-state index >= 15 is 0 Å². The zero-order chi connectivity index (χ0) is 13.9. The third kappa shape index (κ3) is 3.80. The van der Waals surface area contributed by atoms with Gasteiger partial charge in [0.05, 0.1) is 5.60 Å². The van der Waals surface area contributed by atoms with Crippen molar-refractivity contribution >= 4 is 0 Å². The molecule has 0 aliphatic heterocycles. The largest absolute Gasteiger partial charge is 0.389 e. The molecule has 1 aliphatic carbocycles. The molecule has 19 heavy (non-hydrogen) atoms. The van der Waals surface area contributed by atoms with Crippen LogP contribution in [0.5, 0.6) is 0 Å². The highest BCUT2D eigenvalue weighted by atomic mass is 16.3. The van der Waals surface area contributed by atoms with Crippen molar-refractivity contribution in [3.8, 4) is 0 Å². The van der Waals surface area contributed by atoms with Crippen LogP contribution in [-0.2, 0) is 12.8 Å². The fraction of sp³-hybridized carbons (Fsp3) is 0.647. The van der Waals surface area contributed by atoms with Crippen molar-refractivity contribution in [2.75, 3.05) is 6.54 Å². The summed E-state index contributed by atoms with van der Waals surface area (Å²) in [5.41, 5.74) is 3.79. The molecule has 1 aromatic rings. The quantitative estimate of drug-likeness (QED) is 0.851. The van der Waals surface area contributed by atoms with Crippen LogP contribution in [0.1, 0.15) is 62.8 Å². The van der Waals surface area contributed by atoms with Gasteiger partial charge in [0.2, 0.25) is 0 Å². The molecule has 2 N–H and O–H groups in total. The molecule has 2 rings (SSSR count). The van der Waals surface area contributed by atoms with Gasteiger partial charge in [0.25, 0.3) is 0 Å². The lowest BCUT2D eigenvalue weighted by Gasteiger charge is -2.25. The molecule has 1 aliphatic rings. The molecule has 0 aromatic heterocycles. The highest BCUT2D eigenvalue weighted by Gasteiger charge is 2.19. The Hall–Kier alpha value is -0.860. The molecule has 106 valence electrons. The van der Waals surface area contributed by atoms with Crippen LogP contribution >= 0.6 is 0 Å². The molecular weight excluding hydrogens is 234 g/mol.